The standard InChI is InChI=1S/C30H37NO2/c1-31(21-26(22-32)20-24-8-4-2-5-9-24)29-16-12-27(13-17-29)28-14-18-30(19-15-28)33-23-25-10-6-3-7-11-25/h2-11,14-15,18-19,26-27,29,32H,12-13,16-17,20-23H2,1H3/t26?,27-,29-. The number of aliphatic hydroxyl groups excluding tert-OH is 1. The van der Waals surface area contributed by atoms with Crippen LogP contribution in [0.1, 0.15) is 48.3 Å². The van der Waals surface area contributed by atoms with Crippen LogP contribution in [0.15, 0.2) is 84.9 Å². The van der Waals surface area contributed by atoms with Gasteiger partial charge in [0, 0.05) is 19.2 Å². The van der Waals surface area contributed by atoms with Crippen molar-refractivity contribution in [2.75, 3.05) is 20.2 Å². The molecule has 0 aliphatic heterocycles. The van der Waals surface area contributed by atoms with Crippen LogP contribution in [0, 0.1) is 5.92 Å². The number of benzene rings is 3. The highest BCUT2D eigenvalue weighted by Crippen LogP contribution is 2.35. The number of hydrogen-bond acceptors (Lipinski definition) is 3. The van der Waals surface area contributed by atoms with E-state index in [2.05, 4.69) is 72.6 Å². The van der Waals surface area contributed by atoms with Crippen LogP contribution in [0.4, 0.5) is 0 Å². The Balaban J connectivity index is 1.23. The zero-order chi connectivity index (χ0) is 22.9. The molecule has 1 aliphatic carbocycles. The molecule has 0 aromatic heterocycles. The van der Waals surface area contributed by atoms with Crippen molar-refractivity contribution in [1.29, 1.82) is 0 Å². The van der Waals surface area contributed by atoms with Crippen LogP contribution in [-0.2, 0) is 13.0 Å². The van der Waals surface area contributed by atoms with Crippen molar-refractivity contribution in [1.82, 2.24) is 4.90 Å². The van der Waals surface area contributed by atoms with Gasteiger partial charge in [-0.05, 0) is 79.8 Å². The summed E-state index contributed by atoms with van der Waals surface area (Å²) in [4.78, 5) is 2.49. The normalized spacial score (nSPS) is 19.4. The summed E-state index contributed by atoms with van der Waals surface area (Å²) < 4.78 is 5.95. The topological polar surface area (TPSA) is 32.7 Å². The van der Waals surface area contributed by atoms with Crippen LogP contribution in [0.3, 0.4) is 0 Å². The van der Waals surface area contributed by atoms with Crippen molar-refractivity contribution in [2.45, 2.75) is 50.7 Å². The van der Waals surface area contributed by atoms with Crippen molar-refractivity contribution in [2.24, 2.45) is 5.92 Å². The molecule has 0 heterocycles. The Bertz CT molecular complexity index is 934. The molecule has 3 aromatic rings. The van der Waals surface area contributed by atoms with E-state index in [0.717, 1.165) is 18.7 Å². The average Bonchev–Trinajstić information content (AvgIpc) is 2.88. The predicted octanol–water partition coefficient (Wildman–Crippen LogP) is 6.07. The van der Waals surface area contributed by atoms with E-state index in [0.29, 0.717) is 24.5 Å². The van der Waals surface area contributed by atoms with E-state index in [9.17, 15) is 5.11 Å². The quantitative estimate of drug-likeness (QED) is 0.412. The first-order chi connectivity index (χ1) is 16.2. The molecule has 0 radical (unpaired) electrons. The summed E-state index contributed by atoms with van der Waals surface area (Å²) in [5.74, 6) is 1.86. The number of ether oxygens (including phenoxy) is 1. The first-order valence-electron chi connectivity index (χ1n) is 12.3. The van der Waals surface area contributed by atoms with Crippen molar-refractivity contribution in [3.05, 3.63) is 102 Å². The molecule has 1 unspecified atom stereocenters. The third-order valence-corrected chi connectivity index (χ3v) is 7.09. The second kappa shape index (κ2) is 12.0. The van der Waals surface area contributed by atoms with Gasteiger partial charge in [0.05, 0.1) is 0 Å². The lowest BCUT2D eigenvalue weighted by atomic mass is 9.81. The molecule has 4 rings (SSSR count). The van der Waals surface area contributed by atoms with E-state index in [-0.39, 0.29) is 6.61 Å². The Morgan fingerprint density at radius 2 is 1.42 bits per heavy atom. The summed E-state index contributed by atoms with van der Waals surface area (Å²) in [5.41, 5.74) is 3.93. The summed E-state index contributed by atoms with van der Waals surface area (Å²) in [5, 5.41) is 9.91. The van der Waals surface area contributed by atoms with Crippen LogP contribution < -0.4 is 4.74 Å². The molecular formula is C30H37NO2. The lowest BCUT2D eigenvalue weighted by Crippen LogP contribution is -2.39. The Hall–Kier alpha value is -2.62. The van der Waals surface area contributed by atoms with E-state index < -0.39 is 0 Å². The first kappa shape index (κ1) is 23.5. The van der Waals surface area contributed by atoms with E-state index in [1.807, 2.05) is 24.3 Å². The number of rotatable bonds is 10. The molecule has 174 valence electrons. The van der Waals surface area contributed by atoms with Gasteiger partial charge in [0.25, 0.3) is 0 Å². The molecule has 1 aliphatic rings. The maximum Gasteiger partial charge on any atom is 0.119 e. The lowest BCUT2D eigenvalue weighted by Gasteiger charge is -2.36. The van der Waals surface area contributed by atoms with Crippen LogP contribution in [0.2, 0.25) is 0 Å². The first-order valence-corrected chi connectivity index (χ1v) is 12.3. The minimum absolute atomic E-state index is 0.243. The second-order valence-corrected chi connectivity index (χ2v) is 9.53. The summed E-state index contributed by atoms with van der Waals surface area (Å²) >= 11 is 0. The molecule has 3 heteroatoms. The van der Waals surface area contributed by atoms with Gasteiger partial charge in [0.2, 0.25) is 0 Å². The highest BCUT2D eigenvalue weighted by molar-refractivity contribution is 5.30. The monoisotopic (exact) mass is 443 g/mol. The lowest BCUT2D eigenvalue weighted by molar-refractivity contribution is 0.127. The highest BCUT2D eigenvalue weighted by atomic mass is 16.5. The van der Waals surface area contributed by atoms with Gasteiger partial charge in [0.15, 0.2) is 0 Å². The van der Waals surface area contributed by atoms with Crippen LogP contribution in [0.5, 0.6) is 5.75 Å². The molecular weight excluding hydrogens is 406 g/mol. The van der Waals surface area contributed by atoms with E-state index in [1.54, 1.807) is 0 Å². The fourth-order valence-corrected chi connectivity index (χ4v) is 5.12. The van der Waals surface area contributed by atoms with Gasteiger partial charge in [-0.1, -0.05) is 72.8 Å². The number of hydrogen-bond donors (Lipinski definition) is 1. The molecule has 0 saturated heterocycles. The molecule has 3 nitrogen and oxygen atoms in total. The van der Waals surface area contributed by atoms with Crippen LogP contribution >= 0.6 is 0 Å². The maximum atomic E-state index is 9.91. The molecule has 1 fully saturated rings. The third kappa shape index (κ3) is 6.93. The van der Waals surface area contributed by atoms with Gasteiger partial charge in [-0.3, -0.25) is 0 Å². The fourth-order valence-electron chi connectivity index (χ4n) is 5.12. The third-order valence-electron chi connectivity index (χ3n) is 7.09. The molecule has 3 aromatic carbocycles. The number of nitrogens with zero attached hydrogens (tertiary/aromatic N) is 1. The molecule has 33 heavy (non-hydrogen) atoms. The van der Waals surface area contributed by atoms with Crippen LogP contribution in [0.25, 0.3) is 0 Å². The Kier molecular flexibility index (Phi) is 8.57. The Morgan fingerprint density at radius 1 is 0.818 bits per heavy atom. The zero-order valence-corrected chi connectivity index (χ0v) is 19.8. The SMILES string of the molecule is CN(CC(CO)Cc1ccccc1)[C@H]1CC[C@H](c2ccc(OCc3ccccc3)cc2)CC1. The molecule has 0 amide bonds. The summed E-state index contributed by atoms with van der Waals surface area (Å²) in [6.45, 7) is 1.80. The molecule has 1 N–H and O–H groups in total. The van der Waals surface area contributed by atoms with E-state index in [1.165, 1.54) is 42.4 Å². The van der Waals surface area contributed by atoms with Crippen molar-refractivity contribution in [3.8, 4) is 5.75 Å². The van der Waals surface area contributed by atoms with Gasteiger partial charge in [0.1, 0.15) is 12.4 Å². The summed E-state index contributed by atoms with van der Waals surface area (Å²) in [6, 6.07) is 30.2. The predicted molar refractivity (Wildman–Crippen MR) is 136 cm³/mol. The van der Waals surface area contributed by atoms with Gasteiger partial charge < -0.3 is 14.7 Å². The minimum Gasteiger partial charge on any atom is -0.489 e. The summed E-state index contributed by atoms with van der Waals surface area (Å²) in [7, 11) is 2.23. The van der Waals surface area contributed by atoms with E-state index in [4.69, 9.17) is 4.74 Å². The van der Waals surface area contributed by atoms with Gasteiger partial charge in [-0.25, -0.2) is 0 Å². The van der Waals surface area contributed by atoms with E-state index >= 15 is 0 Å². The smallest absolute Gasteiger partial charge is 0.119 e. The van der Waals surface area contributed by atoms with Crippen molar-refractivity contribution in [3.63, 3.8) is 0 Å². The number of aliphatic hydroxyl groups is 1. The van der Waals surface area contributed by atoms with Gasteiger partial charge >= 0.3 is 0 Å². The molecule has 1 saturated carbocycles. The maximum absolute atomic E-state index is 9.91. The fraction of sp³-hybridized carbons (Fsp3) is 0.400. The molecule has 0 bridgehead atoms. The van der Waals surface area contributed by atoms with Gasteiger partial charge in [-0.2, -0.15) is 0 Å². The molecule has 0 spiro atoms. The Morgan fingerprint density at radius 3 is 2.03 bits per heavy atom. The highest BCUT2D eigenvalue weighted by Gasteiger charge is 2.26. The van der Waals surface area contributed by atoms with Crippen molar-refractivity contribution < 1.29 is 9.84 Å². The average molecular weight is 444 g/mol. The zero-order valence-electron chi connectivity index (χ0n) is 19.8. The summed E-state index contributed by atoms with van der Waals surface area (Å²) in [6.07, 6.45) is 5.83. The van der Waals surface area contributed by atoms with Gasteiger partial charge in [-0.15, -0.1) is 0 Å². The molecule has 1 atom stereocenters. The Labute approximate surface area is 199 Å². The minimum atomic E-state index is 0.243. The van der Waals surface area contributed by atoms with Crippen molar-refractivity contribution >= 4 is 0 Å². The second-order valence-electron chi connectivity index (χ2n) is 9.53. The van der Waals surface area contributed by atoms with Crippen LogP contribution in [-0.4, -0.2) is 36.2 Å². The largest absolute Gasteiger partial charge is 0.489 e.